The van der Waals surface area contributed by atoms with Crippen molar-refractivity contribution in [2.45, 2.75) is 20.0 Å². The third-order valence-corrected chi connectivity index (χ3v) is 2.75. The van der Waals surface area contributed by atoms with E-state index in [0.29, 0.717) is 11.3 Å². The first-order valence-corrected chi connectivity index (χ1v) is 5.79. The van der Waals surface area contributed by atoms with Gasteiger partial charge in [-0.25, -0.2) is 4.39 Å². The van der Waals surface area contributed by atoms with Gasteiger partial charge in [0.1, 0.15) is 5.75 Å². The smallest absolute Gasteiger partial charge is 0.166 e. The van der Waals surface area contributed by atoms with Gasteiger partial charge in [0.05, 0.1) is 6.10 Å². The number of rotatable bonds is 3. The fourth-order valence-electron chi connectivity index (χ4n) is 1.65. The molecule has 2 rings (SSSR count). The predicted molar refractivity (Wildman–Crippen MR) is 68.3 cm³/mol. The second-order valence-corrected chi connectivity index (χ2v) is 4.23. The van der Waals surface area contributed by atoms with Crippen LogP contribution in [0.15, 0.2) is 42.5 Å². The van der Waals surface area contributed by atoms with Crippen molar-refractivity contribution in [3.8, 4) is 11.5 Å². The lowest BCUT2D eigenvalue weighted by atomic mass is 10.1. The van der Waals surface area contributed by atoms with Crippen molar-refractivity contribution in [3.05, 3.63) is 59.4 Å². The molecule has 0 aliphatic carbocycles. The van der Waals surface area contributed by atoms with E-state index in [1.807, 2.05) is 25.1 Å². The second kappa shape index (κ2) is 5.19. The van der Waals surface area contributed by atoms with Gasteiger partial charge in [0.15, 0.2) is 11.6 Å². The van der Waals surface area contributed by atoms with Crippen molar-refractivity contribution in [1.29, 1.82) is 0 Å². The first-order valence-electron chi connectivity index (χ1n) is 5.79. The minimum Gasteiger partial charge on any atom is -0.454 e. The summed E-state index contributed by atoms with van der Waals surface area (Å²) in [6.07, 6.45) is -0.688. The zero-order valence-corrected chi connectivity index (χ0v) is 10.4. The summed E-state index contributed by atoms with van der Waals surface area (Å²) in [7, 11) is 0. The summed E-state index contributed by atoms with van der Waals surface area (Å²) >= 11 is 0. The van der Waals surface area contributed by atoms with Gasteiger partial charge < -0.3 is 9.84 Å². The number of aliphatic hydroxyl groups is 1. The second-order valence-electron chi connectivity index (χ2n) is 4.23. The Morgan fingerprint density at radius 3 is 2.44 bits per heavy atom. The maximum Gasteiger partial charge on any atom is 0.166 e. The van der Waals surface area contributed by atoms with Gasteiger partial charge in [0, 0.05) is 0 Å². The quantitative estimate of drug-likeness (QED) is 0.887. The Morgan fingerprint density at radius 1 is 1.11 bits per heavy atom. The van der Waals surface area contributed by atoms with Crippen LogP contribution in [0.3, 0.4) is 0 Å². The lowest BCUT2D eigenvalue weighted by Gasteiger charge is -2.11. The summed E-state index contributed by atoms with van der Waals surface area (Å²) < 4.78 is 19.3. The molecule has 0 aliphatic heterocycles. The van der Waals surface area contributed by atoms with Crippen LogP contribution in [0.4, 0.5) is 4.39 Å². The molecule has 0 aromatic heterocycles. The Morgan fingerprint density at radius 2 is 1.83 bits per heavy atom. The molecule has 3 heteroatoms. The van der Waals surface area contributed by atoms with Crippen molar-refractivity contribution in [1.82, 2.24) is 0 Å². The van der Waals surface area contributed by atoms with Crippen LogP contribution in [-0.2, 0) is 0 Å². The normalized spacial score (nSPS) is 12.2. The molecule has 2 aromatic rings. The number of benzene rings is 2. The minimum atomic E-state index is -0.688. The Hall–Kier alpha value is -1.87. The molecule has 18 heavy (non-hydrogen) atoms. The highest BCUT2D eigenvalue weighted by atomic mass is 19.1. The molecule has 0 saturated heterocycles. The van der Waals surface area contributed by atoms with Crippen molar-refractivity contribution in [2.24, 2.45) is 0 Å². The molecule has 2 aromatic carbocycles. The molecule has 0 bridgehead atoms. The highest BCUT2D eigenvalue weighted by Crippen LogP contribution is 2.28. The SMILES string of the molecule is Cc1ccccc1Oc1ccc([C@H](C)O)cc1F. The summed E-state index contributed by atoms with van der Waals surface area (Å²) in [5.74, 6) is 0.312. The molecule has 94 valence electrons. The van der Waals surface area contributed by atoms with Crippen molar-refractivity contribution < 1.29 is 14.2 Å². The molecule has 2 nitrogen and oxygen atoms in total. The monoisotopic (exact) mass is 246 g/mol. The molecule has 1 N–H and O–H groups in total. The van der Waals surface area contributed by atoms with Crippen LogP contribution >= 0.6 is 0 Å². The van der Waals surface area contributed by atoms with E-state index in [4.69, 9.17) is 4.74 Å². The summed E-state index contributed by atoms with van der Waals surface area (Å²) in [6, 6.07) is 11.9. The van der Waals surface area contributed by atoms with Crippen LogP contribution in [0.1, 0.15) is 24.2 Å². The lowest BCUT2D eigenvalue weighted by Crippen LogP contribution is -1.95. The number of aryl methyl sites for hydroxylation is 1. The Balaban J connectivity index is 2.28. The van der Waals surface area contributed by atoms with Crippen LogP contribution in [-0.4, -0.2) is 5.11 Å². The van der Waals surface area contributed by atoms with Gasteiger partial charge in [0.25, 0.3) is 0 Å². The number of para-hydroxylation sites is 1. The third-order valence-electron chi connectivity index (χ3n) is 2.75. The van der Waals surface area contributed by atoms with Gasteiger partial charge in [0.2, 0.25) is 0 Å². The maximum atomic E-state index is 13.8. The number of halogens is 1. The minimum absolute atomic E-state index is 0.161. The number of aliphatic hydroxyl groups excluding tert-OH is 1. The molecule has 0 fully saturated rings. The topological polar surface area (TPSA) is 29.5 Å². The maximum absolute atomic E-state index is 13.8. The Labute approximate surface area is 106 Å². The van der Waals surface area contributed by atoms with Crippen LogP contribution in [0.5, 0.6) is 11.5 Å². The highest BCUT2D eigenvalue weighted by Gasteiger charge is 2.09. The van der Waals surface area contributed by atoms with Crippen molar-refractivity contribution >= 4 is 0 Å². The third kappa shape index (κ3) is 2.68. The largest absolute Gasteiger partial charge is 0.454 e. The van der Waals surface area contributed by atoms with E-state index in [1.54, 1.807) is 19.1 Å². The number of hydrogen-bond donors (Lipinski definition) is 1. The average molecular weight is 246 g/mol. The van der Waals surface area contributed by atoms with E-state index in [0.717, 1.165) is 5.56 Å². The standard InChI is InChI=1S/C15H15FO2/c1-10-5-3-4-6-14(10)18-15-8-7-12(11(2)17)9-13(15)16/h3-9,11,17H,1-2H3/t11-/m0/s1. The molecule has 0 radical (unpaired) electrons. The van der Waals surface area contributed by atoms with Gasteiger partial charge >= 0.3 is 0 Å². The number of ether oxygens (including phenoxy) is 1. The van der Waals surface area contributed by atoms with E-state index in [-0.39, 0.29) is 5.75 Å². The summed E-state index contributed by atoms with van der Waals surface area (Å²) in [6.45, 7) is 3.49. The highest BCUT2D eigenvalue weighted by molar-refractivity contribution is 5.38. The molecular formula is C15H15FO2. The van der Waals surface area contributed by atoms with Gasteiger partial charge in [-0.3, -0.25) is 0 Å². The Bertz CT molecular complexity index is 550. The van der Waals surface area contributed by atoms with E-state index >= 15 is 0 Å². The van der Waals surface area contributed by atoms with Gasteiger partial charge in [-0.05, 0) is 43.2 Å². The van der Waals surface area contributed by atoms with Crippen LogP contribution < -0.4 is 4.74 Å². The molecule has 0 unspecified atom stereocenters. The molecular weight excluding hydrogens is 231 g/mol. The van der Waals surface area contributed by atoms with Gasteiger partial charge in [-0.1, -0.05) is 24.3 Å². The van der Waals surface area contributed by atoms with Crippen LogP contribution in [0.25, 0.3) is 0 Å². The summed E-state index contributed by atoms with van der Waals surface area (Å²) in [5.41, 5.74) is 1.47. The van der Waals surface area contributed by atoms with E-state index in [1.165, 1.54) is 12.1 Å². The lowest BCUT2D eigenvalue weighted by molar-refractivity contribution is 0.198. The fourth-order valence-corrected chi connectivity index (χ4v) is 1.65. The van der Waals surface area contributed by atoms with E-state index in [9.17, 15) is 9.50 Å². The first-order chi connectivity index (χ1) is 8.58. The molecule has 0 aliphatic rings. The zero-order chi connectivity index (χ0) is 13.1. The summed E-state index contributed by atoms with van der Waals surface area (Å²) in [4.78, 5) is 0. The molecule has 0 spiro atoms. The summed E-state index contributed by atoms with van der Waals surface area (Å²) in [5, 5.41) is 9.37. The van der Waals surface area contributed by atoms with Crippen LogP contribution in [0.2, 0.25) is 0 Å². The molecule has 0 heterocycles. The number of hydrogen-bond acceptors (Lipinski definition) is 2. The first kappa shape index (κ1) is 12.6. The molecule has 1 atom stereocenters. The van der Waals surface area contributed by atoms with Crippen molar-refractivity contribution in [2.75, 3.05) is 0 Å². The van der Waals surface area contributed by atoms with Crippen molar-refractivity contribution in [3.63, 3.8) is 0 Å². The zero-order valence-electron chi connectivity index (χ0n) is 10.4. The molecule has 0 amide bonds. The van der Waals surface area contributed by atoms with Crippen LogP contribution in [0, 0.1) is 12.7 Å². The molecule has 0 saturated carbocycles. The van der Waals surface area contributed by atoms with Gasteiger partial charge in [-0.2, -0.15) is 0 Å². The fraction of sp³-hybridized carbons (Fsp3) is 0.200. The van der Waals surface area contributed by atoms with E-state index < -0.39 is 11.9 Å². The Kier molecular flexibility index (Phi) is 3.63. The van der Waals surface area contributed by atoms with Gasteiger partial charge in [-0.15, -0.1) is 0 Å². The predicted octanol–water partition coefficient (Wildman–Crippen LogP) is 3.98. The van der Waals surface area contributed by atoms with E-state index in [2.05, 4.69) is 0 Å². The average Bonchev–Trinajstić information content (AvgIpc) is 2.34.